The van der Waals surface area contributed by atoms with Crippen LogP contribution < -0.4 is 10.1 Å². The number of amides is 1. The number of ether oxygens (including phenoxy) is 2. The zero-order chi connectivity index (χ0) is 15.8. The molecule has 0 aliphatic heterocycles. The minimum absolute atomic E-state index is 0.0411. The number of hydrogen-bond acceptors (Lipinski definition) is 4. The van der Waals surface area contributed by atoms with Crippen molar-refractivity contribution in [1.82, 2.24) is 5.32 Å². The van der Waals surface area contributed by atoms with Crippen molar-refractivity contribution in [3.63, 3.8) is 0 Å². The summed E-state index contributed by atoms with van der Waals surface area (Å²) in [5, 5.41) is 2.76. The number of carbonyl (C=O) groups excluding carboxylic acids is 2. The molecular formula is C16H23NO4. The molecule has 0 heterocycles. The molecule has 5 heteroatoms. The van der Waals surface area contributed by atoms with Gasteiger partial charge in [-0.3, -0.25) is 4.79 Å². The van der Waals surface area contributed by atoms with Gasteiger partial charge >= 0.3 is 5.97 Å². The summed E-state index contributed by atoms with van der Waals surface area (Å²) < 4.78 is 10.2. The zero-order valence-corrected chi connectivity index (χ0v) is 13.0. The van der Waals surface area contributed by atoms with Crippen LogP contribution in [0.25, 0.3) is 0 Å². The van der Waals surface area contributed by atoms with Crippen molar-refractivity contribution < 1.29 is 19.1 Å². The van der Waals surface area contributed by atoms with Gasteiger partial charge in [0.1, 0.15) is 5.75 Å². The number of benzene rings is 1. The van der Waals surface area contributed by atoms with Crippen LogP contribution in [0.1, 0.15) is 26.3 Å². The first-order valence-electron chi connectivity index (χ1n) is 7.03. The second-order valence-corrected chi connectivity index (χ2v) is 5.32. The summed E-state index contributed by atoms with van der Waals surface area (Å²) in [6.07, 6.45) is 0. The first-order valence-corrected chi connectivity index (χ1v) is 7.03. The molecule has 0 unspecified atom stereocenters. The first kappa shape index (κ1) is 17.0. The Balaban J connectivity index is 2.28. The summed E-state index contributed by atoms with van der Waals surface area (Å²) in [5.41, 5.74) is 0.939. The normalized spacial score (nSPS) is 11.9. The van der Waals surface area contributed by atoms with Gasteiger partial charge in [-0.1, -0.05) is 32.0 Å². The fraction of sp³-hybridized carbons (Fsp3) is 0.500. The quantitative estimate of drug-likeness (QED) is 0.782. The number of aryl methyl sites for hydroxylation is 1. The highest BCUT2D eigenvalue weighted by Crippen LogP contribution is 2.15. The lowest BCUT2D eigenvalue weighted by molar-refractivity contribution is -0.150. The van der Waals surface area contributed by atoms with Crippen LogP contribution in [-0.4, -0.2) is 31.1 Å². The van der Waals surface area contributed by atoms with E-state index < -0.39 is 5.97 Å². The topological polar surface area (TPSA) is 64.6 Å². The molecule has 0 fully saturated rings. The van der Waals surface area contributed by atoms with Crippen molar-refractivity contribution in [2.45, 2.75) is 33.7 Å². The molecule has 0 aliphatic rings. The molecule has 0 bridgehead atoms. The molecule has 1 aromatic carbocycles. The van der Waals surface area contributed by atoms with Gasteiger partial charge in [0.25, 0.3) is 5.91 Å². The van der Waals surface area contributed by atoms with E-state index in [0.717, 1.165) is 5.56 Å². The van der Waals surface area contributed by atoms with Gasteiger partial charge in [0.05, 0.1) is 0 Å². The van der Waals surface area contributed by atoms with Crippen LogP contribution in [0.2, 0.25) is 0 Å². The monoisotopic (exact) mass is 293 g/mol. The number of carbonyl (C=O) groups is 2. The van der Waals surface area contributed by atoms with Crippen LogP contribution in [-0.2, 0) is 14.3 Å². The van der Waals surface area contributed by atoms with E-state index >= 15 is 0 Å². The Morgan fingerprint density at radius 3 is 2.43 bits per heavy atom. The third-order valence-corrected chi connectivity index (χ3v) is 3.19. The molecule has 0 spiro atoms. The molecular weight excluding hydrogens is 270 g/mol. The molecule has 0 radical (unpaired) electrons. The molecule has 1 atom stereocenters. The average Bonchev–Trinajstić information content (AvgIpc) is 2.44. The van der Waals surface area contributed by atoms with E-state index in [1.54, 1.807) is 6.07 Å². The van der Waals surface area contributed by atoms with Crippen LogP contribution in [0.3, 0.4) is 0 Å². The van der Waals surface area contributed by atoms with Crippen LogP contribution in [0, 0.1) is 12.8 Å². The van der Waals surface area contributed by atoms with Crippen LogP contribution in [0.15, 0.2) is 24.3 Å². The van der Waals surface area contributed by atoms with E-state index in [4.69, 9.17) is 9.47 Å². The average molecular weight is 293 g/mol. The van der Waals surface area contributed by atoms with Crippen molar-refractivity contribution in [1.29, 1.82) is 0 Å². The van der Waals surface area contributed by atoms with E-state index in [2.05, 4.69) is 5.32 Å². The van der Waals surface area contributed by atoms with E-state index in [1.807, 2.05) is 45.9 Å². The molecule has 1 rings (SSSR count). The number of hydrogen-bond donors (Lipinski definition) is 1. The number of rotatable bonds is 7. The van der Waals surface area contributed by atoms with E-state index in [1.165, 1.54) is 0 Å². The van der Waals surface area contributed by atoms with E-state index in [9.17, 15) is 9.59 Å². The zero-order valence-electron chi connectivity index (χ0n) is 13.0. The Morgan fingerprint density at radius 2 is 1.81 bits per heavy atom. The molecule has 1 aromatic rings. The first-order chi connectivity index (χ1) is 9.90. The highest BCUT2D eigenvalue weighted by molar-refractivity contribution is 5.81. The van der Waals surface area contributed by atoms with Gasteiger partial charge < -0.3 is 14.8 Å². The summed E-state index contributed by atoms with van der Waals surface area (Å²) >= 11 is 0. The number of esters is 1. The van der Waals surface area contributed by atoms with Gasteiger partial charge in [-0.2, -0.15) is 0 Å². The third-order valence-electron chi connectivity index (χ3n) is 3.19. The standard InChI is InChI=1S/C16H23NO4/c1-11(2)13(4)17-15(18)9-21-16(19)10-20-14-8-6-5-7-12(14)3/h5-8,11,13H,9-10H2,1-4H3,(H,17,18)/t13-/m0/s1. The second kappa shape index (κ2) is 8.29. The maximum absolute atomic E-state index is 11.6. The molecule has 1 N–H and O–H groups in total. The van der Waals surface area contributed by atoms with Crippen LogP contribution >= 0.6 is 0 Å². The molecule has 0 aliphatic carbocycles. The fourth-order valence-corrected chi connectivity index (χ4v) is 1.51. The Labute approximate surface area is 125 Å². The summed E-state index contributed by atoms with van der Waals surface area (Å²) in [6, 6.07) is 7.43. The molecule has 0 aromatic heterocycles. The Hall–Kier alpha value is -2.04. The summed E-state index contributed by atoms with van der Waals surface area (Å²) in [6.45, 7) is 7.32. The van der Waals surface area contributed by atoms with Crippen molar-refractivity contribution in [3.05, 3.63) is 29.8 Å². The third kappa shape index (κ3) is 6.29. The van der Waals surface area contributed by atoms with Gasteiger partial charge in [0.2, 0.25) is 0 Å². The van der Waals surface area contributed by atoms with Gasteiger partial charge in [-0.05, 0) is 31.4 Å². The molecule has 5 nitrogen and oxygen atoms in total. The lowest BCUT2D eigenvalue weighted by atomic mass is 10.1. The smallest absolute Gasteiger partial charge is 0.344 e. The Kier molecular flexibility index (Phi) is 6.72. The largest absolute Gasteiger partial charge is 0.482 e. The van der Waals surface area contributed by atoms with Crippen LogP contribution in [0.4, 0.5) is 0 Å². The predicted octanol–water partition coefficient (Wildman–Crippen LogP) is 2.08. The summed E-state index contributed by atoms with van der Waals surface area (Å²) in [7, 11) is 0. The molecule has 116 valence electrons. The van der Waals surface area contributed by atoms with Gasteiger partial charge in [-0.15, -0.1) is 0 Å². The van der Waals surface area contributed by atoms with Crippen molar-refractivity contribution in [2.75, 3.05) is 13.2 Å². The lowest BCUT2D eigenvalue weighted by Gasteiger charge is -2.17. The van der Waals surface area contributed by atoms with E-state index in [0.29, 0.717) is 11.7 Å². The van der Waals surface area contributed by atoms with E-state index in [-0.39, 0.29) is 25.2 Å². The maximum Gasteiger partial charge on any atom is 0.344 e. The highest BCUT2D eigenvalue weighted by Gasteiger charge is 2.13. The second-order valence-electron chi connectivity index (χ2n) is 5.32. The number of nitrogens with one attached hydrogen (secondary N) is 1. The van der Waals surface area contributed by atoms with Gasteiger partial charge in [0.15, 0.2) is 13.2 Å². The van der Waals surface area contributed by atoms with Crippen molar-refractivity contribution in [3.8, 4) is 5.75 Å². The fourth-order valence-electron chi connectivity index (χ4n) is 1.51. The highest BCUT2D eigenvalue weighted by atomic mass is 16.6. The Morgan fingerprint density at radius 1 is 1.14 bits per heavy atom. The van der Waals surface area contributed by atoms with Gasteiger partial charge in [-0.25, -0.2) is 4.79 Å². The minimum Gasteiger partial charge on any atom is -0.482 e. The molecule has 1 amide bonds. The van der Waals surface area contributed by atoms with Gasteiger partial charge in [0, 0.05) is 6.04 Å². The minimum atomic E-state index is -0.564. The van der Waals surface area contributed by atoms with Crippen LogP contribution in [0.5, 0.6) is 5.75 Å². The summed E-state index contributed by atoms with van der Waals surface area (Å²) in [4.78, 5) is 23.1. The Bertz CT molecular complexity index is 485. The van der Waals surface area contributed by atoms with Crippen molar-refractivity contribution >= 4 is 11.9 Å². The SMILES string of the molecule is Cc1ccccc1OCC(=O)OCC(=O)N[C@@H](C)C(C)C. The molecule has 0 saturated carbocycles. The summed E-state index contributed by atoms with van der Waals surface area (Å²) in [5.74, 6) is 0.0902. The number of para-hydroxylation sites is 1. The predicted molar refractivity (Wildman–Crippen MR) is 80.1 cm³/mol. The maximum atomic E-state index is 11.6. The van der Waals surface area contributed by atoms with Crippen molar-refractivity contribution in [2.24, 2.45) is 5.92 Å². The lowest BCUT2D eigenvalue weighted by Crippen LogP contribution is -2.39. The molecule has 0 saturated heterocycles. The molecule has 21 heavy (non-hydrogen) atoms.